The number of halogens is 2. The molecule has 3 N–H and O–H groups in total. The van der Waals surface area contributed by atoms with Gasteiger partial charge in [0.2, 0.25) is 5.91 Å². The summed E-state index contributed by atoms with van der Waals surface area (Å²) in [5.41, 5.74) is 0.390. The molecule has 2 aromatic carbocycles. The van der Waals surface area contributed by atoms with Crippen molar-refractivity contribution >= 4 is 39.1 Å². The average Bonchev–Trinajstić information content (AvgIpc) is 2.58. The van der Waals surface area contributed by atoms with Crippen LogP contribution in [0.15, 0.2) is 36.4 Å². The number of phenols is 1. The SMILES string of the molecule is COc1cc(NC(=O)c2cc(NC(=O)C(C)Br)ccc2F)ccc1O. The third-order valence-corrected chi connectivity index (χ3v) is 3.69. The number of aromatic hydroxyl groups is 1. The van der Waals surface area contributed by atoms with Gasteiger partial charge in [0.25, 0.3) is 5.91 Å². The van der Waals surface area contributed by atoms with Crippen LogP contribution in [0.4, 0.5) is 15.8 Å². The van der Waals surface area contributed by atoms with E-state index in [1.807, 2.05) is 0 Å². The van der Waals surface area contributed by atoms with Gasteiger partial charge >= 0.3 is 0 Å². The lowest BCUT2D eigenvalue weighted by Gasteiger charge is -2.11. The number of methoxy groups -OCH3 is 1. The van der Waals surface area contributed by atoms with E-state index in [4.69, 9.17) is 4.74 Å². The molecule has 6 nitrogen and oxygen atoms in total. The summed E-state index contributed by atoms with van der Waals surface area (Å²) in [5, 5.41) is 14.6. The Morgan fingerprint density at radius 1 is 1.16 bits per heavy atom. The first kappa shape index (κ1) is 18.7. The van der Waals surface area contributed by atoms with Crippen LogP contribution < -0.4 is 15.4 Å². The maximum Gasteiger partial charge on any atom is 0.258 e. The van der Waals surface area contributed by atoms with E-state index in [1.54, 1.807) is 6.92 Å². The van der Waals surface area contributed by atoms with Crippen LogP contribution in [0.25, 0.3) is 0 Å². The second kappa shape index (κ2) is 7.98. The Hall–Kier alpha value is -2.61. The number of rotatable bonds is 5. The normalized spacial score (nSPS) is 11.5. The van der Waals surface area contributed by atoms with Gasteiger partial charge in [-0.25, -0.2) is 4.39 Å². The number of carbonyl (C=O) groups excluding carboxylic acids is 2. The van der Waals surface area contributed by atoms with Crippen LogP contribution in [0.3, 0.4) is 0 Å². The monoisotopic (exact) mass is 410 g/mol. The molecule has 25 heavy (non-hydrogen) atoms. The van der Waals surface area contributed by atoms with E-state index in [1.165, 1.54) is 37.4 Å². The van der Waals surface area contributed by atoms with Crippen molar-refractivity contribution in [1.82, 2.24) is 0 Å². The molecule has 8 heteroatoms. The standard InChI is InChI=1S/C17H16BrFN2O4/c1-9(18)16(23)20-10-3-5-13(19)12(7-10)17(24)21-11-4-6-14(22)15(8-11)25-2/h3-9,22H,1-2H3,(H,20,23)(H,21,24). The first-order chi connectivity index (χ1) is 11.8. The molecule has 0 saturated heterocycles. The van der Waals surface area contributed by atoms with Crippen molar-refractivity contribution in [2.75, 3.05) is 17.7 Å². The van der Waals surface area contributed by atoms with Crippen molar-refractivity contribution in [1.29, 1.82) is 0 Å². The van der Waals surface area contributed by atoms with E-state index >= 15 is 0 Å². The summed E-state index contributed by atoms with van der Waals surface area (Å²) in [5.74, 6) is -1.66. The van der Waals surface area contributed by atoms with Gasteiger partial charge in [0.1, 0.15) is 5.82 Å². The quantitative estimate of drug-likeness (QED) is 0.519. The van der Waals surface area contributed by atoms with Crippen LogP contribution in [-0.4, -0.2) is 28.9 Å². The molecule has 0 heterocycles. The summed E-state index contributed by atoms with van der Waals surface area (Å²) in [7, 11) is 1.37. The number of hydrogen-bond acceptors (Lipinski definition) is 4. The van der Waals surface area contributed by atoms with Crippen LogP contribution in [0.5, 0.6) is 11.5 Å². The number of anilines is 2. The summed E-state index contributed by atoms with van der Waals surface area (Å²) in [4.78, 5) is 23.6. The highest BCUT2D eigenvalue weighted by Crippen LogP contribution is 2.29. The highest BCUT2D eigenvalue weighted by molar-refractivity contribution is 9.10. The Balaban J connectivity index is 2.22. The molecule has 2 amide bonds. The third-order valence-electron chi connectivity index (χ3n) is 3.28. The molecule has 0 spiro atoms. The van der Waals surface area contributed by atoms with Gasteiger partial charge in [-0.05, 0) is 37.3 Å². The average molecular weight is 411 g/mol. The maximum atomic E-state index is 14.0. The zero-order chi connectivity index (χ0) is 18.6. The fourth-order valence-electron chi connectivity index (χ4n) is 1.97. The summed E-state index contributed by atoms with van der Waals surface area (Å²) in [6, 6.07) is 7.91. The van der Waals surface area contributed by atoms with E-state index in [9.17, 15) is 19.1 Å². The van der Waals surface area contributed by atoms with E-state index in [0.29, 0.717) is 11.4 Å². The second-order valence-corrected chi connectivity index (χ2v) is 6.51. The van der Waals surface area contributed by atoms with Crippen molar-refractivity contribution in [2.45, 2.75) is 11.8 Å². The van der Waals surface area contributed by atoms with E-state index in [2.05, 4.69) is 26.6 Å². The van der Waals surface area contributed by atoms with Gasteiger partial charge in [-0.1, -0.05) is 15.9 Å². The number of hydrogen-bond donors (Lipinski definition) is 3. The zero-order valence-corrected chi connectivity index (χ0v) is 15.1. The minimum absolute atomic E-state index is 0.0831. The van der Waals surface area contributed by atoms with Crippen LogP contribution in [0.2, 0.25) is 0 Å². The van der Waals surface area contributed by atoms with Crippen molar-refractivity contribution in [2.24, 2.45) is 0 Å². The molecule has 2 rings (SSSR count). The molecule has 0 aliphatic rings. The number of ether oxygens (including phenoxy) is 1. The molecule has 0 bridgehead atoms. The Morgan fingerprint density at radius 2 is 1.80 bits per heavy atom. The molecule has 1 unspecified atom stereocenters. The number of amides is 2. The van der Waals surface area contributed by atoms with Crippen LogP contribution in [-0.2, 0) is 4.79 Å². The first-order valence-electron chi connectivity index (χ1n) is 7.24. The molecule has 0 aromatic heterocycles. The highest BCUT2D eigenvalue weighted by Gasteiger charge is 2.16. The number of alkyl halides is 1. The van der Waals surface area contributed by atoms with Gasteiger partial charge in [-0.2, -0.15) is 0 Å². The third kappa shape index (κ3) is 4.69. The van der Waals surface area contributed by atoms with Crippen molar-refractivity contribution < 1.29 is 23.8 Å². The summed E-state index contributed by atoms with van der Waals surface area (Å²) < 4.78 is 18.9. The molecule has 0 saturated carbocycles. The van der Waals surface area contributed by atoms with Crippen molar-refractivity contribution in [3.63, 3.8) is 0 Å². The van der Waals surface area contributed by atoms with E-state index in [-0.39, 0.29) is 23.0 Å². The van der Waals surface area contributed by atoms with Gasteiger partial charge in [-0.3, -0.25) is 9.59 Å². The van der Waals surface area contributed by atoms with Crippen LogP contribution in [0.1, 0.15) is 17.3 Å². The highest BCUT2D eigenvalue weighted by atomic mass is 79.9. The molecule has 1 atom stereocenters. The lowest BCUT2D eigenvalue weighted by atomic mass is 10.1. The first-order valence-corrected chi connectivity index (χ1v) is 8.16. The zero-order valence-electron chi connectivity index (χ0n) is 13.5. The van der Waals surface area contributed by atoms with Crippen LogP contribution >= 0.6 is 15.9 Å². The topological polar surface area (TPSA) is 87.7 Å². The van der Waals surface area contributed by atoms with Gasteiger partial charge in [0.05, 0.1) is 17.5 Å². The minimum atomic E-state index is -0.729. The maximum absolute atomic E-state index is 14.0. The molecule has 0 fully saturated rings. The van der Waals surface area contributed by atoms with Gasteiger partial charge in [0, 0.05) is 17.4 Å². The molecule has 0 aliphatic heterocycles. The smallest absolute Gasteiger partial charge is 0.258 e. The molecule has 2 aromatic rings. The number of carbonyl (C=O) groups is 2. The Kier molecular flexibility index (Phi) is 5.97. The Bertz CT molecular complexity index is 811. The summed E-state index contributed by atoms with van der Waals surface area (Å²) in [6.07, 6.45) is 0. The molecule has 0 radical (unpaired) electrons. The minimum Gasteiger partial charge on any atom is -0.504 e. The van der Waals surface area contributed by atoms with E-state index in [0.717, 1.165) is 6.07 Å². The lowest BCUT2D eigenvalue weighted by Crippen LogP contribution is -2.20. The molecule has 0 aliphatic carbocycles. The fraction of sp³-hybridized carbons (Fsp3) is 0.176. The number of benzene rings is 2. The van der Waals surface area contributed by atoms with Gasteiger partial charge in [0.15, 0.2) is 11.5 Å². The van der Waals surface area contributed by atoms with Crippen molar-refractivity contribution in [3.05, 3.63) is 47.8 Å². The van der Waals surface area contributed by atoms with Crippen molar-refractivity contribution in [3.8, 4) is 11.5 Å². The van der Waals surface area contributed by atoms with E-state index < -0.39 is 16.6 Å². The Morgan fingerprint density at radius 3 is 2.44 bits per heavy atom. The molecular formula is C17H16BrFN2O4. The molecular weight excluding hydrogens is 395 g/mol. The van der Waals surface area contributed by atoms with Gasteiger partial charge < -0.3 is 20.5 Å². The molecule has 132 valence electrons. The predicted molar refractivity (Wildman–Crippen MR) is 96.0 cm³/mol. The number of nitrogens with one attached hydrogen (secondary N) is 2. The predicted octanol–water partition coefficient (Wildman–Crippen LogP) is 3.51. The number of phenolic OH excluding ortho intramolecular Hbond substituents is 1. The van der Waals surface area contributed by atoms with Gasteiger partial charge in [-0.15, -0.1) is 0 Å². The largest absolute Gasteiger partial charge is 0.504 e. The lowest BCUT2D eigenvalue weighted by molar-refractivity contribution is -0.115. The van der Waals surface area contributed by atoms with Crippen LogP contribution in [0, 0.1) is 5.82 Å². The fourth-order valence-corrected chi connectivity index (χ4v) is 2.09. The Labute approximate surface area is 152 Å². The second-order valence-electron chi connectivity index (χ2n) is 5.14. The summed E-state index contributed by atoms with van der Waals surface area (Å²) in [6.45, 7) is 1.64. The summed E-state index contributed by atoms with van der Waals surface area (Å²) >= 11 is 3.13.